The first kappa shape index (κ1) is 26.9. The van der Waals surface area contributed by atoms with Gasteiger partial charge in [-0.25, -0.2) is 0 Å². The summed E-state index contributed by atoms with van der Waals surface area (Å²) in [5, 5.41) is 3.72. The maximum Gasteiger partial charge on any atom is 0.305 e. The summed E-state index contributed by atoms with van der Waals surface area (Å²) in [6.07, 6.45) is 5.14. The van der Waals surface area contributed by atoms with Gasteiger partial charge in [0.25, 0.3) is 5.91 Å². The number of carbonyl (C=O) groups is 4. The SMILES string of the molecule is COC(=O)CCCCCCCNC(=O)Cc1c(C)n(C(=O)c2ccccc2)c2ccc(C(C)=O)cc12. The molecule has 1 N–H and O–H groups in total. The first-order chi connectivity index (χ1) is 17.3. The van der Waals surface area contributed by atoms with Crippen molar-refractivity contribution in [2.24, 2.45) is 0 Å². The van der Waals surface area contributed by atoms with Crippen LogP contribution >= 0.6 is 0 Å². The normalized spacial score (nSPS) is 10.9. The lowest BCUT2D eigenvalue weighted by Crippen LogP contribution is -2.26. The third kappa shape index (κ3) is 6.68. The van der Waals surface area contributed by atoms with E-state index in [4.69, 9.17) is 0 Å². The van der Waals surface area contributed by atoms with Crippen LogP contribution in [0.5, 0.6) is 0 Å². The predicted octanol–water partition coefficient (Wildman–Crippen LogP) is 5.01. The molecule has 3 rings (SSSR count). The average Bonchev–Trinajstić information content (AvgIpc) is 3.15. The Hall–Kier alpha value is -3.74. The standard InChI is InChI=1S/C29H34N2O5/c1-20-24(19-27(33)30-17-11-6-4-5-10-14-28(34)36-3)25-18-23(21(2)32)15-16-26(25)31(20)29(35)22-12-8-7-9-13-22/h7-9,12-13,15-16,18H,4-6,10-11,14,17,19H2,1-3H3,(H,30,33). The van der Waals surface area contributed by atoms with E-state index in [1.165, 1.54) is 14.0 Å². The van der Waals surface area contributed by atoms with Gasteiger partial charge in [-0.1, -0.05) is 37.5 Å². The van der Waals surface area contributed by atoms with E-state index in [9.17, 15) is 19.2 Å². The Labute approximate surface area is 211 Å². The molecule has 0 unspecified atom stereocenters. The van der Waals surface area contributed by atoms with Gasteiger partial charge in [-0.3, -0.25) is 23.7 Å². The number of hydrogen-bond donors (Lipinski definition) is 1. The zero-order chi connectivity index (χ0) is 26.1. The lowest BCUT2D eigenvalue weighted by Gasteiger charge is -2.08. The molecule has 0 aliphatic heterocycles. The number of ketones is 1. The van der Waals surface area contributed by atoms with Crippen LogP contribution in [0, 0.1) is 6.92 Å². The number of nitrogens with zero attached hydrogens (tertiary/aromatic N) is 1. The van der Waals surface area contributed by atoms with E-state index in [-0.39, 0.29) is 30.0 Å². The number of hydrogen-bond acceptors (Lipinski definition) is 5. The van der Waals surface area contributed by atoms with E-state index in [1.807, 2.05) is 25.1 Å². The van der Waals surface area contributed by atoms with E-state index in [0.717, 1.165) is 43.1 Å². The zero-order valence-corrected chi connectivity index (χ0v) is 21.3. The summed E-state index contributed by atoms with van der Waals surface area (Å²) in [4.78, 5) is 49.3. The summed E-state index contributed by atoms with van der Waals surface area (Å²) in [6, 6.07) is 14.3. The predicted molar refractivity (Wildman–Crippen MR) is 139 cm³/mol. The first-order valence-corrected chi connectivity index (χ1v) is 12.4. The van der Waals surface area contributed by atoms with Crippen molar-refractivity contribution in [1.29, 1.82) is 0 Å². The van der Waals surface area contributed by atoms with Crippen LogP contribution in [0.2, 0.25) is 0 Å². The van der Waals surface area contributed by atoms with Crippen LogP contribution in [0.4, 0.5) is 0 Å². The topological polar surface area (TPSA) is 94.5 Å². The number of ether oxygens (including phenoxy) is 1. The van der Waals surface area contributed by atoms with Crippen LogP contribution < -0.4 is 5.32 Å². The molecule has 0 aliphatic rings. The summed E-state index contributed by atoms with van der Waals surface area (Å²) in [5.74, 6) is -0.547. The van der Waals surface area contributed by atoms with Gasteiger partial charge >= 0.3 is 5.97 Å². The molecule has 7 heteroatoms. The number of amides is 1. The Bertz CT molecular complexity index is 1240. The van der Waals surface area contributed by atoms with Crippen LogP contribution in [0.3, 0.4) is 0 Å². The largest absolute Gasteiger partial charge is 0.469 e. The van der Waals surface area contributed by atoms with E-state index in [0.29, 0.717) is 35.3 Å². The molecule has 0 fully saturated rings. The van der Waals surface area contributed by atoms with Crippen molar-refractivity contribution in [3.63, 3.8) is 0 Å². The van der Waals surface area contributed by atoms with Gasteiger partial charge in [0.2, 0.25) is 5.91 Å². The molecule has 1 aromatic heterocycles. The molecule has 2 aromatic carbocycles. The third-order valence-electron chi connectivity index (χ3n) is 6.41. The van der Waals surface area contributed by atoms with E-state index in [1.54, 1.807) is 34.9 Å². The fraction of sp³-hybridized carbons (Fsp3) is 0.379. The lowest BCUT2D eigenvalue weighted by molar-refractivity contribution is -0.140. The highest BCUT2D eigenvalue weighted by Gasteiger charge is 2.22. The second kappa shape index (κ2) is 12.8. The van der Waals surface area contributed by atoms with E-state index < -0.39 is 0 Å². The van der Waals surface area contributed by atoms with Gasteiger partial charge in [0.05, 0.1) is 19.0 Å². The number of aromatic nitrogens is 1. The number of unbranched alkanes of at least 4 members (excludes halogenated alkanes) is 4. The Balaban J connectivity index is 1.69. The quantitative estimate of drug-likeness (QED) is 0.219. The minimum absolute atomic E-state index is 0.0707. The second-order valence-electron chi connectivity index (χ2n) is 8.98. The highest BCUT2D eigenvalue weighted by Crippen LogP contribution is 2.29. The number of benzene rings is 2. The summed E-state index contributed by atoms with van der Waals surface area (Å²) in [5.41, 5.74) is 3.22. The smallest absolute Gasteiger partial charge is 0.305 e. The van der Waals surface area contributed by atoms with Crippen LogP contribution in [0.1, 0.15) is 77.4 Å². The molecule has 0 saturated carbocycles. The van der Waals surface area contributed by atoms with Gasteiger partial charge in [-0.15, -0.1) is 0 Å². The van der Waals surface area contributed by atoms with Crippen molar-refractivity contribution in [2.75, 3.05) is 13.7 Å². The van der Waals surface area contributed by atoms with Gasteiger partial charge in [0.15, 0.2) is 5.78 Å². The fourth-order valence-electron chi connectivity index (χ4n) is 4.37. The summed E-state index contributed by atoms with van der Waals surface area (Å²) >= 11 is 0. The molecule has 0 spiro atoms. The van der Waals surface area contributed by atoms with Gasteiger partial charge in [0, 0.05) is 35.2 Å². The molecule has 0 radical (unpaired) electrons. The van der Waals surface area contributed by atoms with Gasteiger partial charge in [0.1, 0.15) is 0 Å². The monoisotopic (exact) mass is 490 g/mol. The van der Waals surface area contributed by atoms with Crippen LogP contribution in [-0.4, -0.2) is 41.8 Å². The van der Waals surface area contributed by atoms with Gasteiger partial charge in [-0.05, 0) is 62.6 Å². The van der Waals surface area contributed by atoms with Crippen molar-refractivity contribution in [3.05, 3.63) is 70.9 Å². The molecule has 0 atom stereocenters. The minimum atomic E-state index is -0.181. The zero-order valence-electron chi connectivity index (χ0n) is 21.3. The highest BCUT2D eigenvalue weighted by molar-refractivity contribution is 6.06. The number of carbonyl (C=O) groups excluding carboxylic acids is 4. The number of esters is 1. The Kier molecular flexibility index (Phi) is 9.56. The number of methoxy groups -OCH3 is 1. The Morgan fingerprint density at radius 3 is 2.28 bits per heavy atom. The Morgan fingerprint density at radius 1 is 0.889 bits per heavy atom. The molecule has 190 valence electrons. The number of fused-ring (bicyclic) bond motifs is 1. The second-order valence-corrected chi connectivity index (χ2v) is 8.98. The van der Waals surface area contributed by atoms with Crippen molar-refractivity contribution < 1.29 is 23.9 Å². The van der Waals surface area contributed by atoms with Crippen LogP contribution in [0.25, 0.3) is 10.9 Å². The van der Waals surface area contributed by atoms with Crippen molar-refractivity contribution in [3.8, 4) is 0 Å². The molecular weight excluding hydrogens is 456 g/mol. The number of rotatable bonds is 12. The summed E-state index contributed by atoms with van der Waals surface area (Å²) < 4.78 is 6.27. The average molecular weight is 491 g/mol. The maximum atomic E-state index is 13.3. The van der Waals surface area contributed by atoms with Crippen molar-refractivity contribution >= 4 is 34.5 Å². The molecule has 1 amide bonds. The van der Waals surface area contributed by atoms with Gasteiger partial charge in [-0.2, -0.15) is 0 Å². The number of nitrogens with one attached hydrogen (secondary N) is 1. The number of Topliss-reactive ketones (excluding diaryl/α,β-unsaturated/α-hetero) is 1. The summed E-state index contributed by atoms with van der Waals surface area (Å²) in [7, 11) is 1.40. The molecule has 0 saturated heterocycles. The molecule has 0 aliphatic carbocycles. The molecule has 1 heterocycles. The van der Waals surface area contributed by atoms with Crippen LogP contribution in [-0.2, 0) is 20.7 Å². The minimum Gasteiger partial charge on any atom is -0.469 e. The third-order valence-corrected chi connectivity index (χ3v) is 6.41. The van der Waals surface area contributed by atoms with E-state index in [2.05, 4.69) is 10.1 Å². The summed E-state index contributed by atoms with van der Waals surface area (Å²) in [6.45, 7) is 3.91. The maximum absolute atomic E-state index is 13.3. The lowest BCUT2D eigenvalue weighted by atomic mass is 10.0. The van der Waals surface area contributed by atoms with E-state index >= 15 is 0 Å². The molecule has 3 aromatic rings. The molecule has 36 heavy (non-hydrogen) atoms. The molecule has 7 nitrogen and oxygen atoms in total. The molecular formula is C29H34N2O5. The highest BCUT2D eigenvalue weighted by atomic mass is 16.5. The van der Waals surface area contributed by atoms with Crippen molar-refractivity contribution in [1.82, 2.24) is 9.88 Å². The van der Waals surface area contributed by atoms with Gasteiger partial charge < -0.3 is 10.1 Å². The van der Waals surface area contributed by atoms with Crippen molar-refractivity contribution in [2.45, 2.75) is 58.8 Å². The Morgan fingerprint density at radius 2 is 1.58 bits per heavy atom. The first-order valence-electron chi connectivity index (χ1n) is 12.4. The van der Waals surface area contributed by atoms with Crippen LogP contribution in [0.15, 0.2) is 48.5 Å². The molecule has 0 bridgehead atoms. The fourth-order valence-corrected chi connectivity index (χ4v) is 4.37.